The van der Waals surface area contributed by atoms with E-state index in [0.717, 1.165) is 22.3 Å². The van der Waals surface area contributed by atoms with Gasteiger partial charge >= 0.3 is 0 Å². The molecule has 2 nitrogen and oxygen atoms in total. The summed E-state index contributed by atoms with van der Waals surface area (Å²) < 4.78 is 1.01. The first-order valence-electron chi connectivity index (χ1n) is 6.72. The van der Waals surface area contributed by atoms with E-state index in [4.69, 9.17) is 0 Å². The molecule has 1 N–H and O–H groups in total. The number of benzene rings is 2. The third-order valence-corrected chi connectivity index (χ3v) is 4.17. The van der Waals surface area contributed by atoms with Crippen LogP contribution < -0.4 is 4.90 Å². The number of anilines is 1. The van der Waals surface area contributed by atoms with E-state index in [1.54, 1.807) is 6.92 Å². The third kappa shape index (κ3) is 3.41. The van der Waals surface area contributed by atoms with E-state index in [1.165, 1.54) is 11.1 Å². The minimum atomic E-state index is -0.443. The predicted octanol–water partition coefficient (Wildman–Crippen LogP) is 4.45. The van der Waals surface area contributed by atoms with Gasteiger partial charge < -0.3 is 10.0 Å². The maximum atomic E-state index is 9.61. The number of halogens is 1. The predicted molar refractivity (Wildman–Crippen MR) is 88.1 cm³/mol. The highest BCUT2D eigenvalue weighted by molar-refractivity contribution is 9.10. The Kier molecular flexibility index (Phi) is 4.84. The molecule has 0 aliphatic rings. The molecule has 0 aliphatic heterocycles. The maximum Gasteiger partial charge on any atom is 0.0762 e. The lowest BCUT2D eigenvalue weighted by atomic mass is 10.1. The van der Waals surface area contributed by atoms with E-state index < -0.39 is 6.10 Å². The largest absolute Gasteiger partial charge is 0.389 e. The van der Waals surface area contributed by atoms with Crippen LogP contribution in [0.15, 0.2) is 46.9 Å². The zero-order valence-corrected chi connectivity index (χ0v) is 13.7. The van der Waals surface area contributed by atoms with Crippen molar-refractivity contribution in [2.24, 2.45) is 0 Å². The summed E-state index contributed by atoms with van der Waals surface area (Å²) in [6, 6.07) is 14.4. The van der Waals surface area contributed by atoms with E-state index >= 15 is 0 Å². The van der Waals surface area contributed by atoms with Crippen LogP contribution in [-0.2, 0) is 6.54 Å². The molecule has 0 aromatic heterocycles. The van der Waals surface area contributed by atoms with Crippen molar-refractivity contribution < 1.29 is 5.11 Å². The molecule has 2 rings (SSSR count). The van der Waals surface area contributed by atoms with Crippen LogP contribution in [0.3, 0.4) is 0 Å². The van der Waals surface area contributed by atoms with Gasteiger partial charge in [0.25, 0.3) is 0 Å². The molecular formula is C17H20BrNO. The normalized spacial score (nSPS) is 12.2. The lowest BCUT2D eigenvalue weighted by Crippen LogP contribution is -2.17. The molecule has 2 aromatic carbocycles. The zero-order valence-electron chi connectivity index (χ0n) is 12.1. The molecule has 0 fully saturated rings. The SMILES string of the molecule is Cc1ccccc1CN(C)c1ccc([C@H](C)O)cc1Br. The van der Waals surface area contributed by atoms with Crippen LogP contribution in [0.25, 0.3) is 0 Å². The Labute approximate surface area is 129 Å². The summed E-state index contributed by atoms with van der Waals surface area (Å²) in [5.74, 6) is 0. The fourth-order valence-corrected chi connectivity index (χ4v) is 2.92. The Hall–Kier alpha value is -1.32. The molecular weight excluding hydrogens is 314 g/mol. The van der Waals surface area contributed by atoms with E-state index in [9.17, 15) is 5.11 Å². The Morgan fingerprint density at radius 1 is 1.20 bits per heavy atom. The first kappa shape index (κ1) is 15.1. The first-order valence-corrected chi connectivity index (χ1v) is 7.51. The summed E-state index contributed by atoms with van der Waals surface area (Å²) in [6.45, 7) is 4.77. The molecule has 0 unspecified atom stereocenters. The Morgan fingerprint density at radius 3 is 2.50 bits per heavy atom. The van der Waals surface area contributed by atoms with Crippen molar-refractivity contribution in [3.63, 3.8) is 0 Å². The van der Waals surface area contributed by atoms with Gasteiger partial charge in [-0.3, -0.25) is 0 Å². The van der Waals surface area contributed by atoms with E-state index in [1.807, 2.05) is 18.2 Å². The molecule has 0 bridgehead atoms. The van der Waals surface area contributed by atoms with E-state index in [0.29, 0.717) is 0 Å². The highest BCUT2D eigenvalue weighted by Gasteiger charge is 2.10. The molecule has 0 saturated carbocycles. The van der Waals surface area contributed by atoms with Crippen LogP contribution in [0, 0.1) is 6.92 Å². The summed E-state index contributed by atoms with van der Waals surface area (Å²) in [5.41, 5.74) is 4.67. The van der Waals surface area contributed by atoms with E-state index in [2.05, 4.69) is 59.1 Å². The molecule has 2 aromatic rings. The van der Waals surface area contributed by atoms with Crippen molar-refractivity contribution in [1.82, 2.24) is 0 Å². The summed E-state index contributed by atoms with van der Waals surface area (Å²) >= 11 is 3.60. The minimum Gasteiger partial charge on any atom is -0.389 e. The van der Waals surface area contributed by atoms with Gasteiger partial charge in [-0.1, -0.05) is 30.3 Å². The molecule has 0 saturated heterocycles. The maximum absolute atomic E-state index is 9.61. The molecule has 3 heteroatoms. The highest BCUT2D eigenvalue weighted by atomic mass is 79.9. The van der Waals surface area contributed by atoms with Crippen LogP contribution in [0.1, 0.15) is 29.7 Å². The second kappa shape index (κ2) is 6.42. The smallest absolute Gasteiger partial charge is 0.0762 e. The quantitative estimate of drug-likeness (QED) is 0.893. The Bertz CT molecular complexity index is 595. The third-order valence-electron chi connectivity index (χ3n) is 3.53. The molecule has 0 spiro atoms. The molecule has 0 amide bonds. The molecule has 0 heterocycles. The van der Waals surface area contributed by atoms with Crippen LogP contribution in [-0.4, -0.2) is 12.2 Å². The Morgan fingerprint density at radius 2 is 1.90 bits per heavy atom. The van der Waals surface area contributed by atoms with Gasteiger partial charge in [0.1, 0.15) is 0 Å². The molecule has 106 valence electrons. The highest BCUT2D eigenvalue weighted by Crippen LogP contribution is 2.29. The summed E-state index contributed by atoms with van der Waals surface area (Å²) in [6.07, 6.45) is -0.443. The zero-order chi connectivity index (χ0) is 14.7. The van der Waals surface area contributed by atoms with Gasteiger partial charge in [-0.25, -0.2) is 0 Å². The average molecular weight is 334 g/mol. The van der Waals surface area contributed by atoms with Crippen molar-refractivity contribution >= 4 is 21.6 Å². The summed E-state index contributed by atoms with van der Waals surface area (Å²) in [7, 11) is 2.08. The second-order valence-electron chi connectivity index (χ2n) is 5.17. The van der Waals surface area contributed by atoms with Gasteiger partial charge in [0.15, 0.2) is 0 Å². The minimum absolute atomic E-state index is 0.443. The number of aliphatic hydroxyl groups is 1. The van der Waals surface area contributed by atoms with Gasteiger partial charge in [-0.2, -0.15) is 0 Å². The number of rotatable bonds is 4. The van der Waals surface area contributed by atoms with Gasteiger partial charge in [-0.05, 0) is 58.6 Å². The number of nitrogens with zero attached hydrogens (tertiary/aromatic N) is 1. The van der Waals surface area contributed by atoms with Gasteiger partial charge in [0.2, 0.25) is 0 Å². The van der Waals surface area contributed by atoms with Crippen molar-refractivity contribution in [2.75, 3.05) is 11.9 Å². The topological polar surface area (TPSA) is 23.5 Å². The lowest BCUT2D eigenvalue weighted by Gasteiger charge is -2.22. The van der Waals surface area contributed by atoms with Crippen molar-refractivity contribution in [3.05, 3.63) is 63.6 Å². The molecule has 20 heavy (non-hydrogen) atoms. The first-order chi connectivity index (χ1) is 9.49. The molecule has 0 radical (unpaired) electrons. The standard InChI is InChI=1S/C17H20BrNO/c1-12-6-4-5-7-15(12)11-19(3)17-9-8-14(13(2)20)10-16(17)18/h4-10,13,20H,11H2,1-3H3/t13-/m0/s1. The monoisotopic (exact) mass is 333 g/mol. The Balaban J connectivity index is 2.21. The van der Waals surface area contributed by atoms with Crippen LogP contribution in [0.2, 0.25) is 0 Å². The van der Waals surface area contributed by atoms with Crippen molar-refractivity contribution in [3.8, 4) is 0 Å². The second-order valence-corrected chi connectivity index (χ2v) is 6.02. The van der Waals surface area contributed by atoms with Crippen molar-refractivity contribution in [1.29, 1.82) is 0 Å². The number of aryl methyl sites for hydroxylation is 1. The summed E-state index contributed by atoms with van der Waals surface area (Å²) in [4.78, 5) is 2.21. The average Bonchev–Trinajstić information content (AvgIpc) is 2.41. The van der Waals surface area contributed by atoms with Crippen LogP contribution >= 0.6 is 15.9 Å². The number of aliphatic hydroxyl groups excluding tert-OH is 1. The van der Waals surface area contributed by atoms with Crippen molar-refractivity contribution in [2.45, 2.75) is 26.5 Å². The van der Waals surface area contributed by atoms with Gasteiger partial charge in [0, 0.05) is 18.1 Å². The number of hydrogen-bond acceptors (Lipinski definition) is 2. The van der Waals surface area contributed by atoms with Gasteiger partial charge in [0.05, 0.1) is 11.8 Å². The van der Waals surface area contributed by atoms with E-state index in [-0.39, 0.29) is 0 Å². The lowest BCUT2D eigenvalue weighted by molar-refractivity contribution is 0.199. The van der Waals surface area contributed by atoms with Gasteiger partial charge in [-0.15, -0.1) is 0 Å². The van der Waals surface area contributed by atoms with Crippen LogP contribution in [0.5, 0.6) is 0 Å². The summed E-state index contributed by atoms with van der Waals surface area (Å²) in [5, 5.41) is 9.61. The molecule has 1 atom stereocenters. The fraction of sp³-hybridized carbons (Fsp3) is 0.294. The van der Waals surface area contributed by atoms with Crippen LogP contribution in [0.4, 0.5) is 5.69 Å². The number of hydrogen-bond donors (Lipinski definition) is 1. The fourth-order valence-electron chi connectivity index (χ4n) is 2.22. The molecule has 0 aliphatic carbocycles.